The molecule has 1 N–H and O–H groups in total. The molecule has 1 saturated carbocycles. The third kappa shape index (κ3) is 4.01. The lowest BCUT2D eigenvalue weighted by atomic mass is 9.97. The fraction of sp³-hybridized carbons (Fsp3) is 0.750. The van der Waals surface area contributed by atoms with Gasteiger partial charge in [0.05, 0.1) is 17.5 Å². The van der Waals surface area contributed by atoms with Gasteiger partial charge in [-0.1, -0.05) is 19.3 Å². The zero-order chi connectivity index (χ0) is 16.3. The Kier molecular flexibility index (Phi) is 5.16. The van der Waals surface area contributed by atoms with E-state index >= 15 is 0 Å². The number of fused-ring (bicyclic) bond motifs is 1. The molecule has 0 spiro atoms. The van der Waals surface area contributed by atoms with E-state index < -0.39 is 10.0 Å². The molecular weight excluding hydrogens is 314 g/mol. The van der Waals surface area contributed by atoms with Crippen molar-refractivity contribution < 1.29 is 8.42 Å². The first-order valence-electron chi connectivity index (χ1n) is 8.65. The molecule has 0 atom stereocenters. The number of sulfonamides is 1. The third-order valence-corrected chi connectivity index (χ3v) is 6.85. The van der Waals surface area contributed by atoms with Gasteiger partial charge < -0.3 is 0 Å². The zero-order valence-electron chi connectivity index (χ0n) is 13.5. The quantitative estimate of drug-likeness (QED) is 0.878. The summed E-state index contributed by atoms with van der Waals surface area (Å²) in [5, 5.41) is 4.14. The van der Waals surface area contributed by atoms with Gasteiger partial charge in [-0.15, -0.1) is 0 Å². The summed E-state index contributed by atoms with van der Waals surface area (Å²) >= 11 is 0. The van der Waals surface area contributed by atoms with Gasteiger partial charge in [-0.25, -0.2) is 17.8 Å². The van der Waals surface area contributed by atoms with Gasteiger partial charge in [0.1, 0.15) is 0 Å². The minimum absolute atomic E-state index is 0.137. The topological polar surface area (TPSA) is 81.1 Å². The first kappa shape index (κ1) is 16.6. The molecule has 1 aromatic heterocycles. The van der Waals surface area contributed by atoms with Crippen molar-refractivity contribution in [3.8, 4) is 0 Å². The van der Waals surface area contributed by atoms with Crippen LogP contribution < -0.4 is 10.3 Å². The van der Waals surface area contributed by atoms with E-state index in [1.807, 2.05) is 0 Å². The summed E-state index contributed by atoms with van der Waals surface area (Å²) in [6.07, 6.45) is 8.62. The summed E-state index contributed by atoms with van der Waals surface area (Å²) in [6, 6.07) is 1.66. The van der Waals surface area contributed by atoms with Gasteiger partial charge >= 0.3 is 0 Å². The Bertz CT molecular complexity index is 706. The van der Waals surface area contributed by atoms with Crippen LogP contribution in [0.3, 0.4) is 0 Å². The summed E-state index contributed by atoms with van der Waals surface area (Å²) in [5.74, 6) is 0. The predicted octanol–water partition coefficient (Wildman–Crippen LogP) is 1.37. The van der Waals surface area contributed by atoms with Crippen LogP contribution in [-0.4, -0.2) is 30.0 Å². The van der Waals surface area contributed by atoms with Crippen LogP contribution in [0.4, 0.5) is 0 Å². The van der Waals surface area contributed by atoms with Crippen LogP contribution in [0.1, 0.15) is 56.2 Å². The first-order chi connectivity index (χ1) is 11.1. The Labute approximate surface area is 137 Å². The molecule has 0 radical (unpaired) electrons. The average Bonchev–Trinajstić information content (AvgIpc) is 2.56. The van der Waals surface area contributed by atoms with E-state index in [0.717, 1.165) is 69.0 Å². The molecule has 23 heavy (non-hydrogen) atoms. The van der Waals surface area contributed by atoms with E-state index in [4.69, 9.17) is 0 Å². The molecule has 0 bridgehead atoms. The highest BCUT2D eigenvalue weighted by Gasteiger charge is 2.26. The molecule has 2 aliphatic carbocycles. The molecule has 0 aliphatic heterocycles. The van der Waals surface area contributed by atoms with Gasteiger partial charge in [-0.2, -0.15) is 5.10 Å². The summed E-state index contributed by atoms with van der Waals surface area (Å²) in [7, 11) is -3.28. The van der Waals surface area contributed by atoms with Crippen LogP contribution in [0.2, 0.25) is 0 Å². The molecule has 128 valence electrons. The summed E-state index contributed by atoms with van der Waals surface area (Å²) < 4.78 is 28.6. The molecule has 6 nitrogen and oxygen atoms in total. The Morgan fingerprint density at radius 1 is 1.13 bits per heavy atom. The van der Waals surface area contributed by atoms with Gasteiger partial charge in [-0.3, -0.25) is 4.79 Å². The molecule has 0 aromatic carbocycles. The Balaban J connectivity index is 1.61. The number of rotatable bonds is 5. The second kappa shape index (κ2) is 7.13. The number of hydrogen-bond donors (Lipinski definition) is 1. The van der Waals surface area contributed by atoms with E-state index in [2.05, 4.69) is 9.82 Å². The lowest BCUT2D eigenvalue weighted by molar-refractivity contribution is 0.472. The molecule has 2 aliphatic rings. The maximum atomic E-state index is 12.3. The van der Waals surface area contributed by atoms with Crippen LogP contribution in [0, 0.1) is 0 Å². The lowest BCUT2D eigenvalue weighted by Crippen LogP contribution is -2.38. The minimum Gasteiger partial charge on any atom is -0.268 e. The smallest absolute Gasteiger partial charge is 0.267 e. The van der Waals surface area contributed by atoms with Crippen molar-refractivity contribution in [2.24, 2.45) is 0 Å². The highest BCUT2D eigenvalue weighted by atomic mass is 32.2. The second-order valence-electron chi connectivity index (χ2n) is 6.58. The Morgan fingerprint density at radius 2 is 1.87 bits per heavy atom. The highest BCUT2D eigenvalue weighted by molar-refractivity contribution is 7.90. The number of hydrogen-bond acceptors (Lipinski definition) is 4. The molecule has 7 heteroatoms. The fourth-order valence-corrected chi connectivity index (χ4v) is 5.11. The van der Waals surface area contributed by atoms with Gasteiger partial charge in [0.25, 0.3) is 5.56 Å². The zero-order valence-corrected chi connectivity index (χ0v) is 14.3. The van der Waals surface area contributed by atoms with Crippen molar-refractivity contribution in [2.45, 2.75) is 69.6 Å². The summed E-state index contributed by atoms with van der Waals surface area (Å²) in [5.41, 5.74) is 1.91. The Hall–Kier alpha value is -1.21. The maximum Gasteiger partial charge on any atom is 0.267 e. The van der Waals surface area contributed by atoms with Gasteiger partial charge in [0.15, 0.2) is 0 Å². The number of aromatic nitrogens is 2. The molecule has 1 aromatic rings. The van der Waals surface area contributed by atoms with Crippen molar-refractivity contribution in [3.05, 3.63) is 27.7 Å². The van der Waals surface area contributed by atoms with Gasteiger partial charge in [0.2, 0.25) is 10.0 Å². The largest absolute Gasteiger partial charge is 0.268 e. The molecule has 0 saturated heterocycles. The second-order valence-corrected chi connectivity index (χ2v) is 8.63. The Morgan fingerprint density at radius 3 is 2.65 bits per heavy atom. The minimum atomic E-state index is -3.28. The van der Waals surface area contributed by atoms with Crippen LogP contribution in [0.15, 0.2) is 10.9 Å². The third-order valence-electron chi connectivity index (χ3n) is 4.89. The average molecular weight is 339 g/mol. The van der Waals surface area contributed by atoms with Crippen molar-refractivity contribution in [3.63, 3.8) is 0 Å². The first-order valence-corrected chi connectivity index (χ1v) is 10.2. The molecule has 3 rings (SSSR count). The van der Waals surface area contributed by atoms with E-state index in [1.54, 1.807) is 6.07 Å². The maximum absolute atomic E-state index is 12.3. The lowest BCUT2D eigenvalue weighted by Gasteiger charge is -2.22. The standard InChI is InChI=1S/C16H25N3O3S/c20-16-12-13-6-4-5-9-15(13)18-19(16)11-10-17-23(21,22)14-7-2-1-3-8-14/h12,14,17H,1-11H2. The van der Waals surface area contributed by atoms with Crippen molar-refractivity contribution in [1.82, 2.24) is 14.5 Å². The number of aryl methyl sites for hydroxylation is 2. The normalized spacial score (nSPS) is 19.5. The number of nitrogens with one attached hydrogen (secondary N) is 1. The number of nitrogens with zero attached hydrogens (tertiary/aromatic N) is 2. The fourth-order valence-electron chi connectivity index (χ4n) is 3.55. The van der Waals surface area contributed by atoms with Crippen LogP contribution in [0.25, 0.3) is 0 Å². The van der Waals surface area contributed by atoms with E-state index in [-0.39, 0.29) is 23.9 Å². The molecular formula is C16H25N3O3S. The summed E-state index contributed by atoms with van der Waals surface area (Å²) in [6.45, 7) is 0.516. The van der Waals surface area contributed by atoms with E-state index in [1.165, 1.54) is 4.68 Å². The van der Waals surface area contributed by atoms with Gasteiger partial charge in [-0.05, 0) is 44.1 Å². The van der Waals surface area contributed by atoms with Crippen molar-refractivity contribution >= 4 is 10.0 Å². The predicted molar refractivity (Wildman–Crippen MR) is 88.9 cm³/mol. The van der Waals surface area contributed by atoms with Crippen LogP contribution >= 0.6 is 0 Å². The van der Waals surface area contributed by atoms with E-state index in [0.29, 0.717) is 0 Å². The van der Waals surface area contributed by atoms with Crippen LogP contribution in [0.5, 0.6) is 0 Å². The molecule has 1 fully saturated rings. The summed E-state index contributed by atoms with van der Waals surface area (Å²) in [4.78, 5) is 12.1. The highest BCUT2D eigenvalue weighted by Crippen LogP contribution is 2.22. The van der Waals surface area contributed by atoms with Crippen LogP contribution in [-0.2, 0) is 29.4 Å². The van der Waals surface area contributed by atoms with Crippen molar-refractivity contribution in [1.29, 1.82) is 0 Å². The molecule has 1 heterocycles. The van der Waals surface area contributed by atoms with Gasteiger partial charge in [0, 0.05) is 12.6 Å². The van der Waals surface area contributed by atoms with E-state index in [9.17, 15) is 13.2 Å². The van der Waals surface area contributed by atoms with Crippen molar-refractivity contribution in [2.75, 3.05) is 6.54 Å². The molecule has 0 unspecified atom stereocenters. The SMILES string of the molecule is O=c1cc2c(nn1CCNS(=O)(=O)C1CCCCC1)CCCC2. The molecule has 0 amide bonds. The monoisotopic (exact) mass is 339 g/mol.